The minimum atomic E-state index is -4.69. The second kappa shape index (κ2) is 11.7. The molecule has 0 bridgehead atoms. The van der Waals surface area contributed by atoms with Crippen LogP contribution >= 0.6 is 0 Å². The summed E-state index contributed by atoms with van der Waals surface area (Å²) in [5.41, 5.74) is -0.839. The number of alkyl carbamates (subject to hydrolysis) is 1. The standard InChI is InChI=1S/C24H29F4N7O4S/c1-14(2)35-13-16(17-9-11-29-21(30-17)31-23(3,4)32-22(36)39-5)20(33-35)15-7-6-8-18(19(15)25)34-40(37,38)12-10-24(26,27)28/h6-9,11,13-14,34H,10,12H2,1-5H3,(H,32,36)(H,29,30,31). The zero-order chi connectivity index (χ0) is 29.9. The topological polar surface area (TPSA) is 140 Å². The van der Waals surface area contributed by atoms with Crippen molar-refractivity contribution in [2.24, 2.45) is 0 Å². The number of carbonyl (C=O) groups is 1. The van der Waals surface area contributed by atoms with E-state index in [-0.39, 0.29) is 23.2 Å². The van der Waals surface area contributed by atoms with Crippen molar-refractivity contribution in [3.8, 4) is 22.5 Å². The molecule has 0 fully saturated rings. The van der Waals surface area contributed by atoms with Crippen LogP contribution in [-0.4, -0.2) is 59.0 Å². The van der Waals surface area contributed by atoms with E-state index in [1.54, 1.807) is 30.8 Å². The minimum absolute atomic E-state index is 0.105. The molecule has 0 radical (unpaired) electrons. The Morgan fingerprint density at radius 2 is 1.85 bits per heavy atom. The Kier molecular flexibility index (Phi) is 8.91. The maximum Gasteiger partial charge on any atom is 0.408 e. The van der Waals surface area contributed by atoms with Gasteiger partial charge in [0, 0.05) is 29.6 Å². The van der Waals surface area contributed by atoms with E-state index in [2.05, 4.69) is 30.4 Å². The van der Waals surface area contributed by atoms with Crippen LogP contribution in [0.4, 0.5) is 34.0 Å². The summed E-state index contributed by atoms with van der Waals surface area (Å²) in [5.74, 6) is -2.16. The van der Waals surface area contributed by atoms with Crippen LogP contribution in [0.3, 0.4) is 0 Å². The Morgan fingerprint density at radius 3 is 2.48 bits per heavy atom. The van der Waals surface area contributed by atoms with Crippen molar-refractivity contribution in [1.29, 1.82) is 0 Å². The first kappa shape index (κ1) is 30.6. The molecule has 3 aromatic rings. The number of aromatic nitrogens is 4. The minimum Gasteiger partial charge on any atom is -0.453 e. The predicted molar refractivity (Wildman–Crippen MR) is 140 cm³/mol. The van der Waals surface area contributed by atoms with Crippen molar-refractivity contribution in [3.63, 3.8) is 0 Å². The highest BCUT2D eigenvalue weighted by molar-refractivity contribution is 7.92. The third-order valence-corrected chi connectivity index (χ3v) is 6.66. The first-order valence-electron chi connectivity index (χ1n) is 11.9. The maximum atomic E-state index is 15.6. The first-order chi connectivity index (χ1) is 18.5. The van der Waals surface area contributed by atoms with E-state index in [1.807, 2.05) is 18.6 Å². The average molecular weight is 588 g/mol. The number of hydrogen-bond donors (Lipinski definition) is 3. The molecule has 0 saturated carbocycles. The van der Waals surface area contributed by atoms with E-state index in [0.717, 1.165) is 6.07 Å². The van der Waals surface area contributed by atoms with Gasteiger partial charge in [-0.2, -0.15) is 18.3 Å². The Bertz CT molecular complexity index is 1470. The number of sulfonamides is 1. The summed E-state index contributed by atoms with van der Waals surface area (Å²) >= 11 is 0. The lowest BCUT2D eigenvalue weighted by molar-refractivity contribution is -0.129. The van der Waals surface area contributed by atoms with Crippen molar-refractivity contribution in [2.75, 3.05) is 22.9 Å². The van der Waals surface area contributed by atoms with Gasteiger partial charge in [-0.05, 0) is 45.9 Å². The van der Waals surface area contributed by atoms with Crippen molar-refractivity contribution in [2.45, 2.75) is 52.0 Å². The normalized spacial score (nSPS) is 12.3. The van der Waals surface area contributed by atoms with E-state index in [4.69, 9.17) is 0 Å². The van der Waals surface area contributed by atoms with Gasteiger partial charge in [-0.15, -0.1) is 0 Å². The van der Waals surface area contributed by atoms with Crippen LogP contribution in [-0.2, 0) is 14.8 Å². The molecule has 0 aliphatic rings. The third-order valence-electron chi connectivity index (χ3n) is 5.39. The van der Waals surface area contributed by atoms with Crippen LogP contribution in [0.25, 0.3) is 22.5 Å². The van der Waals surface area contributed by atoms with E-state index >= 15 is 4.39 Å². The van der Waals surface area contributed by atoms with Gasteiger partial charge >= 0.3 is 12.3 Å². The number of halogens is 4. The molecule has 2 aromatic heterocycles. The van der Waals surface area contributed by atoms with Crippen molar-refractivity contribution < 1.29 is 35.5 Å². The van der Waals surface area contributed by atoms with E-state index < -0.39 is 51.6 Å². The van der Waals surface area contributed by atoms with Gasteiger partial charge in [-0.1, -0.05) is 6.07 Å². The zero-order valence-electron chi connectivity index (χ0n) is 22.3. The number of hydrogen-bond acceptors (Lipinski definition) is 8. The zero-order valence-corrected chi connectivity index (χ0v) is 23.1. The summed E-state index contributed by atoms with van der Waals surface area (Å²) in [6, 6.07) is 5.22. The van der Waals surface area contributed by atoms with Crippen LogP contribution in [0.5, 0.6) is 0 Å². The molecule has 0 atom stereocenters. The summed E-state index contributed by atoms with van der Waals surface area (Å²) in [6.45, 7) is 6.99. The fraction of sp³-hybridized carbons (Fsp3) is 0.417. The number of methoxy groups -OCH3 is 1. The molecule has 3 N–H and O–H groups in total. The molecule has 0 spiro atoms. The molecule has 0 unspecified atom stereocenters. The molecule has 40 heavy (non-hydrogen) atoms. The van der Waals surface area contributed by atoms with Gasteiger partial charge in [0.25, 0.3) is 0 Å². The lowest BCUT2D eigenvalue weighted by Crippen LogP contribution is -2.49. The molecule has 11 nitrogen and oxygen atoms in total. The fourth-order valence-corrected chi connectivity index (χ4v) is 4.59. The molecule has 218 valence electrons. The molecule has 0 saturated heterocycles. The van der Waals surface area contributed by atoms with Gasteiger partial charge in [-0.3, -0.25) is 14.7 Å². The number of anilines is 2. The molecular weight excluding hydrogens is 558 g/mol. The SMILES string of the molecule is COC(=O)NC(C)(C)Nc1nccc(-c2cn(C(C)C)nc2-c2cccc(NS(=O)(=O)CCC(F)(F)F)c2F)n1. The summed E-state index contributed by atoms with van der Waals surface area (Å²) in [7, 11) is -3.28. The predicted octanol–water partition coefficient (Wildman–Crippen LogP) is 4.93. The highest BCUT2D eigenvalue weighted by Gasteiger charge is 2.30. The number of amides is 1. The highest BCUT2D eigenvalue weighted by Crippen LogP contribution is 2.35. The smallest absolute Gasteiger partial charge is 0.408 e. The summed E-state index contributed by atoms with van der Waals surface area (Å²) in [6.07, 6.45) is -3.88. The number of ether oxygens (including phenoxy) is 1. The van der Waals surface area contributed by atoms with E-state index in [9.17, 15) is 26.4 Å². The summed E-state index contributed by atoms with van der Waals surface area (Å²) in [4.78, 5) is 20.3. The molecular formula is C24H29F4N7O4S. The van der Waals surface area contributed by atoms with Crippen LogP contribution in [0.15, 0.2) is 36.7 Å². The number of nitrogens with zero attached hydrogens (tertiary/aromatic N) is 4. The number of benzene rings is 1. The molecule has 1 amide bonds. The van der Waals surface area contributed by atoms with E-state index in [1.165, 1.54) is 25.4 Å². The van der Waals surface area contributed by atoms with Gasteiger partial charge in [-0.25, -0.2) is 27.6 Å². The van der Waals surface area contributed by atoms with Crippen molar-refractivity contribution >= 4 is 27.8 Å². The van der Waals surface area contributed by atoms with Crippen molar-refractivity contribution in [1.82, 2.24) is 25.1 Å². The summed E-state index contributed by atoms with van der Waals surface area (Å²) < 4.78 is 85.7. The van der Waals surface area contributed by atoms with Gasteiger partial charge in [0.2, 0.25) is 16.0 Å². The van der Waals surface area contributed by atoms with Gasteiger partial charge in [0.1, 0.15) is 11.4 Å². The van der Waals surface area contributed by atoms with Gasteiger partial charge in [0.05, 0.1) is 30.7 Å². The second-order valence-electron chi connectivity index (χ2n) is 9.55. The third kappa shape index (κ3) is 8.03. The molecule has 2 heterocycles. The molecule has 16 heteroatoms. The van der Waals surface area contributed by atoms with Crippen LogP contribution < -0.4 is 15.4 Å². The average Bonchev–Trinajstić information content (AvgIpc) is 3.29. The quantitative estimate of drug-likeness (QED) is 0.224. The largest absolute Gasteiger partial charge is 0.453 e. The van der Waals surface area contributed by atoms with Crippen molar-refractivity contribution in [3.05, 3.63) is 42.5 Å². The second-order valence-corrected chi connectivity index (χ2v) is 11.4. The van der Waals surface area contributed by atoms with Crippen LogP contribution in [0.1, 0.15) is 40.2 Å². The Labute approximate surface area is 228 Å². The monoisotopic (exact) mass is 587 g/mol. The highest BCUT2D eigenvalue weighted by atomic mass is 32.2. The molecule has 1 aromatic carbocycles. The number of nitrogens with one attached hydrogen (secondary N) is 3. The first-order valence-corrected chi connectivity index (χ1v) is 13.6. The molecule has 0 aliphatic carbocycles. The number of rotatable bonds is 10. The van der Waals surface area contributed by atoms with Gasteiger partial charge < -0.3 is 10.1 Å². The Hall–Kier alpha value is -3.95. The maximum absolute atomic E-state index is 15.6. The molecule has 0 aliphatic heterocycles. The fourth-order valence-electron chi connectivity index (χ4n) is 3.49. The summed E-state index contributed by atoms with van der Waals surface area (Å²) in [5, 5.41) is 10.0. The Balaban J connectivity index is 2.02. The Morgan fingerprint density at radius 1 is 1.15 bits per heavy atom. The molecule has 3 rings (SSSR count). The van der Waals surface area contributed by atoms with Crippen LogP contribution in [0.2, 0.25) is 0 Å². The number of alkyl halides is 3. The van der Waals surface area contributed by atoms with Crippen LogP contribution in [0, 0.1) is 5.82 Å². The number of carbonyl (C=O) groups excluding carboxylic acids is 1. The lowest BCUT2D eigenvalue weighted by Gasteiger charge is -2.26. The lowest BCUT2D eigenvalue weighted by atomic mass is 10.0. The van der Waals surface area contributed by atoms with Gasteiger partial charge in [0.15, 0.2) is 5.82 Å². The van der Waals surface area contributed by atoms with E-state index in [0.29, 0.717) is 11.3 Å².